The van der Waals surface area contributed by atoms with Crippen molar-refractivity contribution in [1.29, 1.82) is 0 Å². The summed E-state index contributed by atoms with van der Waals surface area (Å²) >= 11 is 6.05. The Bertz CT molecular complexity index is 958. The third kappa shape index (κ3) is 4.85. The smallest absolute Gasteiger partial charge is 0.240 e. The molecule has 3 rings (SSSR count). The predicted octanol–water partition coefficient (Wildman–Crippen LogP) is 4.65. The van der Waals surface area contributed by atoms with Crippen molar-refractivity contribution in [1.82, 2.24) is 4.72 Å². The standard InChI is InChI=1S/C20H18ClNO3S/c21-19-8-4-5-9-20(19)25-17-10-12-18(13-11-17)26(23,24)22-15-14-16-6-2-1-3-7-16/h1-13,22H,14-15H2. The second kappa shape index (κ2) is 8.36. The molecule has 26 heavy (non-hydrogen) atoms. The third-order valence-electron chi connectivity index (χ3n) is 3.75. The summed E-state index contributed by atoms with van der Waals surface area (Å²) in [7, 11) is -3.56. The first-order chi connectivity index (χ1) is 12.5. The van der Waals surface area contributed by atoms with Crippen LogP contribution in [-0.4, -0.2) is 15.0 Å². The van der Waals surface area contributed by atoms with Crippen LogP contribution < -0.4 is 9.46 Å². The van der Waals surface area contributed by atoms with Gasteiger partial charge in [-0.2, -0.15) is 0 Å². The van der Waals surface area contributed by atoms with Gasteiger partial charge in [-0.3, -0.25) is 0 Å². The molecular formula is C20H18ClNO3S. The number of nitrogens with one attached hydrogen (secondary N) is 1. The summed E-state index contributed by atoms with van der Waals surface area (Å²) in [6, 6.07) is 23.1. The maximum absolute atomic E-state index is 12.4. The molecule has 3 aromatic rings. The van der Waals surface area contributed by atoms with Crippen LogP contribution in [0.4, 0.5) is 0 Å². The van der Waals surface area contributed by atoms with Crippen molar-refractivity contribution in [2.75, 3.05) is 6.54 Å². The van der Waals surface area contributed by atoms with Crippen molar-refractivity contribution in [2.45, 2.75) is 11.3 Å². The molecule has 3 aromatic carbocycles. The van der Waals surface area contributed by atoms with Gasteiger partial charge in [-0.1, -0.05) is 54.1 Å². The van der Waals surface area contributed by atoms with E-state index in [1.54, 1.807) is 24.3 Å². The van der Waals surface area contributed by atoms with Gasteiger partial charge in [0.2, 0.25) is 10.0 Å². The molecule has 134 valence electrons. The van der Waals surface area contributed by atoms with E-state index < -0.39 is 10.0 Å². The summed E-state index contributed by atoms with van der Waals surface area (Å²) in [5.74, 6) is 1.03. The van der Waals surface area contributed by atoms with Crippen LogP contribution in [0.1, 0.15) is 5.56 Å². The normalized spacial score (nSPS) is 11.3. The van der Waals surface area contributed by atoms with Gasteiger partial charge in [0.1, 0.15) is 11.5 Å². The Kier molecular flexibility index (Phi) is 5.93. The summed E-state index contributed by atoms with van der Waals surface area (Å²) in [6.07, 6.45) is 0.633. The Morgan fingerprint density at radius 3 is 2.19 bits per heavy atom. The topological polar surface area (TPSA) is 55.4 Å². The minimum absolute atomic E-state index is 0.192. The Labute approximate surface area is 158 Å². The molecule has 4 nitrogen and oxygen atoms in total. The van der Waals surface area contributed by atoms with Crippen molar-refractivity contribution < 1.29 is 13.2 Å². The van der Waals surface area contributed by atoms with Crippen LogP contribution in [0.15, 0.2) is 83.8 Å². The molecule has 0 heterocycles. The van der Waals surface area contributed by atoms with Crippen molar-refractivity contribution in [2.24, 2.45) is 0 Å². The highest BCUT2D eigenvalue weighted by molar-refractivity contribution is 7.89. The van der Waals surface area contributed by atoms with E-state index in [0.29, 0.717) is 29.5 Å². The highest BCUT2D eigenvalue weighted by atomic mass is 35.5. The van der Waals surface area contributed by atoms with Crippen LogP contribution in [0.5, 0.6) is 11.5 Å². The molecule has 1 N–H and O–H groups in total. The average molecular weight is 388 g/mol. The zero-order valence-electron chi connectivity index (χ0n) is 13.9. The first kappa shape index (κ1) is 18.5. The van der Waals surface area contributed by atoms with Gasteiger partial charge < -0.3 is 4.74 Å². The van der Waals surface area contributed by atoms with Gasteiger partial charge in [-0.15, -0.1) is 0 Å². The van der Waals surface area contributed by atoms with E-state index in [1.807, 2.05) is 42.5 Å². The zero-order valence-corrected chi connectivity index (χ0v) is 15.5. The van der Waals surface area contributed by atoms with Gasteiger partial charge in [0.25, 0.3) is 0 Å². The number of para-hydroxylation sites is 1. The van der Waals surface area contributed by atoms with E-state index in [-0.39, 0.29) is 4.90 Å². The number of ether oxygens (including phenoxy) is 1. The molecule has 6 heteroatoms. The average Bonchev–Trinajstić information content (AvgIpc) is 2.65. The fourth-order valence-corrected chi connectivity index (χ4v) is 3.61. The van der Waals surface area contributed by atoms with E-state index in [9.17, 15) is 8.42 Å². The van der Waals surface area contributed by atoms with E-state index in [4.69, 9.17) is 16.3 Å². The molecule has 0 aliphatic heterocycles. The van der Waals surface area contributed by atoms with Gasteiger partial charge in [0.05, 0.1) is 9.92 Å². The highest BCUT2D eigenvalue weighted by Crippen LogP contribution is 2.29. The molecule has 0 radical (unpaired) electrons. The molecule has 0 bridgehead atoms. The number of sulfonamides is 1. The molecule has 0 saturated heterocycles. The van der Waals surface area contributed by atoms with Crippen molar-refractivity contribution in [3.05, 3.63) is 89.4 Å². The van der Waals surface area contributed by atoms with Gasteiger partial charge >= 0.3 is 0 Å². The van der Waals surface area contributed by atoms with Crippen molar-refractivity contribution >= 4 is 21.6 Å². The molecule has 0 amide bonds. The van der Waals surface area contributed by atoms with Gasteiger partial charge in [0, 0.05) is 6.54 Å². The quantitative estimate of drug-likeness (QED) is 0.641. The lowest BCUT2D eigenvalue weighted by atomic mass is 10.2. The van der Waals surface area contributed by atoms with E-state index >= 15 is 0 Å². The summed E-state index contributed by atoms with van der Waals surface area (Å²) in [5.41, 5.74) is 1.08. The van der Waals surface area contributed by atoms with Crippen molar-refractivity contribution in [3.63, 3.8) is 0 Å². The fraction of sp³-hybridized carbons (Fsp3) is 0.100. The van der Waals surface area contributed by atoms with Crippen LogP contribution in [0.2, 0.25) is 5.02 Å². The first-order valence-corrected chi connectivity index (χ1v) is 9.97. The number of hydrogen-bond acceptors (Lipinski definition) is 3. The minimum Gasteiger partial charge on any atom is -0.456 e. The number of hydrogen-bond donors (Lipinski definition) is 1. The zero-order chi connectivity index (χ0) is 18.4. The van der Waals surface area contributed by atoms with Crippen molar-refractivity contribution in [3.8, 4) is 11.5 Å². The van der Waals surface area contributed by atoms with Crippen LogP contribution in [0, 0.1) is 0 Å². The SMILES string of the molecule is O=S(=O)(NCCc1ccccc1)c1ccc(Oc2ccccc2Cl)cc1. The van der Waals surface area contributed by atoms with Crippen LogP contribution in [-0.2, 0) is 16.4 Å². The molecule has 0 unspecified atom stereocenters. The Hall–Kier alpha value is -2.34. The molecule has 0 spiro atoms. The molecule has 0 aromatic heterocycles. The second-order valence-electron chi connectivity index (χ2n) is 5.64. The highest BCUT2D eigenvalue weighted by Gasteiger charge is 2.13. The maximum Gasteiger partial charge on any atom is 0.240 e. The van der Waals surface area contributed by atoms with Crippen LogP contribution >= 0.6 is 11.6 Å². The minimum atomic E-state index is -3.56. The number of benzene rings is 3. The van der Waals surface area contributed by atoms with E-state index in [0.717, 1.165) is 5.56 Å². The molecule has 0 fully saturated rings. The lowest BCUT2D eigenvalue weighted by Gasteiger charge is -2.09. The summed E-state index contributed by atoms with van der Waals surface area (Å²) in [5, 5.41) is 0.492. The molecular weight excluding hydrogens is 370 g/mol. The Morgan fingerprint density at radius 2 is 1.50 bits per heavy atom. The summed E-state index contributed by atoms with van der Waals surface area (Å²) in [6.45, 7) is 0.338. The Balaban J connectivity index is 1.62. The number of rotatable bonds is 7. The second-order valence-corrected chi connectivity index (χ2v) is 7.81. The molecule has 0 aliphatic rings. The van der Waals surface area contributed by atoms with Gasteiger partial charge in [0.15, 0.2) is 0 Å². The predicted molar refractivity (Wildman–Crippen MR) is 103 cm³/mol. The third-order valence-corrected chi connectivity index (χ3v) is 5.54. The maximum atomic E-state index is 12.4. The molecule has 0 aliphatic carbocycles. The van der Waals surface area contributed by atoms with E-state index in [1.165, 1.54) is 12.1 Å². The van der Waals surface area contributed by atoms with Crippen LogP contribution in [0.3, 0.4) is 0 Å². The molecule has 0 saturated carbocycles. The Morgan fingerprint density at radius 1 is 0.846 bits per heavy atom. The van der Waals surface area contributed by atoms with Gasteiger partial charge in [-0.25, -0.2) is 13.1 Å². The first-order valence-electron chi connectivity index (χ1n) is 8.11. The summed E-state index contributed by atoms with van der Waals surface area (Å²) in [4.78, 5) is 0.192. The number of halogens is 1. The largest absolute Gasteiger partial charge is 0.456 e. The van der Waals surface area contributed by atoms with Crippen LogP contribution in [0.25, 0.3) is 0 Å². The monoisotopic (exact) mass is 387 g/mol. The van der Waals surface area contributed by atoms with Gasteiger partial charge in [-0.05, 0) is 48.4 Å². The fourth-order valence-electron chi connectivity index (χ4n) is 2.40. The summed E-state index contributed by atoms with van der Waals surface area (Å²) < 4.78 is 33.0. The molecule has 0 atom stereocenters. The lowest BCUT2D eigenvalue weighted by molar-refractivity contribution is 0.482. The van der Waals surface area contributed by atoms with E-state index in [2.05, 4.69) is 4.72 Å². The lowest BCUT2D eigenvalue weighted by Crippen LogP contribution is -2.25.